The predicted molar refractivity (Wildman–Crippen MR) is 109 cm³/mol. The molecule has 4 rings (SSSR count). The number of aromatic nitrogens is 1. The van der Waals surface area contributed by atoms with Crippen molar-refractivity contribution in [2.45, 2.75) is 11.2 Å². The van der Waals surface area contributed by atoms with Gasteiger partial charge in [0.2, 0.25) is 0 Å². The van der Waals surface area contributed by atoms with Crippen LogP contribution in [0.1, 0.15) is 15.4 Å². The van der Waals surface area contributed by atoms with E-state index in [9.17, 15) is 9.18 Å². The Morgan fingerprint density at radius 3 is 2.89 bits per heavy atom. The van der Waals surface area contributed by atoms with E-state index in [0.29, 0.717) is 4.34 Å². The van der Waals surface area contributed by atoms with Gasteiger partial charge in [0.1, 0.15) is 10.2 Å². The number of amides is 1. The first kappa shape index (κ1) is 21.3. The van der Waals surface area contributed by atoms with Crippen molar-refractivity contribution in [1.29, 1.82) is 0 Å². The van der Waals surface area contributed by atoms with Crippen LogP contribution in [0, 0.1) is 5.82 Å². The van der Waals surface area contributed by atoms with Gasteiger partial charge in [-0.05, 0) is 18.2 Å². The van der Waals surface area contributed by atoms with Gasteiger partial charge in [0.25, 0.3) is 5.91 Å². The summed E-state index contributed by atoms with van der Waals surface area (Å²) in [5.41, 5.74) is 2.58. The zero-order valence-corrected chi connectivity index (χ0v) is 17.3. The number of benzene rings is 1. The van der Waals surface area contributed by atoms with Crippen molar-refractivity contribution < 1.29 is 18.3 Å². The Bertz CT molecular complexity index is 960. The van der Waals surface area contributed by atoms with E-state index in [1.165, 1.54) is 18.3 Å². The van der Waals surface area contributed by atoms with Gasteiger partial charge in [0, 0.05) is 17.0 Å². The summed E-state index contributed by atoms with van der Waals surface area (Å²) < 4.78 is 35.9. The highest BCUT2D eigenvalue weighted by Gasteiger charge is 2.61. The Morgan fingerprint density at radius 1 is 1.39 bits per heavy atom. The van der Waals surface area contributed by atoms with Crippen LogP contribution in [0.4, 0.5) is 14.5 Å². The Kier molecular flexibility index (Phi) is 5.88. The van der Waals surface area contributed by atoms with Gasteiger partial charge < -0.3 is 15.8 Å². The molecule has 28 heavy (non-hydrogen) atoms. The molecular formula is C16H14Cl2F2N4O2S2. The second kappa shape index (κ2) is 7.75. The zero-order valence-electron chi connectivity index (χ0n) is 14.1. The molecule has 3 N–H and O–H groups in total. The van der Waals surface area contributed by atoms with E-state index in [-0.39, 0.29) is 52.8 Å². The molecule has 2 aliphatic rings. The lowest BCUT2D eigenvalue weighted by Crippen LogP contribution is -2.52. The molecule has 0 spiro atoms. The molecule has 0 aliphatic carbocycles. The van der Waals surface area contributed by atoms with Crippen molar-refractivity contribution in [3.8, 4) is 0 Å². The number of thioether (sulfide) groups is 1. The van der Waals surface area contributed by atoms with E-state index < -0.39 is 22.9 Å². The molecule has 0 radical (unpaired) electrons. The van der Waals surface area contributed by atoms with E-state index in [2.05, 4.69) is 15.3 Å². The first-order chi connectivity index (χ1) is 12.8. The highest BCUT2D eigenvalue weighted by Crippen LogP contribution is 2.50. The fourth-order valence-electron chi connectivity index (χ4n) is 3.15. The van der Waals surface area contributed by atoms with Gasteiger partial charge in [0.05, 0.1) is 19.4 Å². The second-order valence-corrected chi connectivity index (χ2v) is 8.83. The van der Waals surface area contributed by atoms with Crippen LogP contribution in [0.15, 0.2) is 29.4 Å². The Hall–Kier alpha value is -1.46. The average molecular weight is 467 g/mol. The number of hydrogen-bond donors (Lipinski definition) is 2. The summed E-state index contributed by atoms with van der Waals surface area (Å²) in [6.45, 7) is -0.342. The number of hydrogen-bond acceptors (Lipinski definition) is 7. The van der Waals surface area contributed by atoms with Crippen LogP contribution in [0.2, 0.25) is 4.34 Å². The number of fused-ring (bicyclic) bond motifs is 1. The molecule has 0 bridgehead atoms. The Balaban J connectivity index is 0.00000225. The number of aliphatic imine (C=N–C) groups is 1. The molecule has 6 nitrogen and oxygen atoms in total. The van der Waals surface area contributed by atoms with Gasteiger partial charge in [-0.3, -0.25) is 4.79 Å². The summed E-state index contributed by atoms with van der Waals surface area (Å²) in [7, 11) is 0. The third kappa shape index (κ3) is 3.48. The number of anilines is 1. The molecule has 2 aliphatic heterocycles. The summed E-state index contributed by atoms with van der Waals surface area (Å²) in [4.78, 5) is 20.4. The monoisotopic (exact) mass is 466 g/mol. The van der Waals surface area contributed by atoms with Crippen molar-refractivity contribution in [3.63, 3.8) is 0 Å². The first-order valence-corrected chi connectivity index (χ1v) is 9.98. The maximum atomic E-state index is 15.5. The maximum absolute atomic E-state index is 15.5. The van der Waals surface area contributed by atoms with Crippen molar-refractivity contribution >= 4 is 63.9 Å². The number of thiazole rings is 1. The predicted octanol–water partition coefficient (Wildman–Crippen LogP) is 3.61. The van der Waals surface area contributed by atoms with Crippen LogP contribution in [0.25, 0.3) is 0 Å². The number of nitrogens with two attached hydrogens (primary N) is 1. The zero-order chi connectivity index (χ0) is 19.2. The highest BCUT2D eigenvalue weighted by molar-refractivity contribution is 8.13. The van der Waals surface area contributed by atoms with Crippen molar-refractivity contribution in [1.82, 2.24) is 4.98 Å². The maximum Gasteiger partial charge on any atom is 0.284 e. The van der Waals surface area contributed by atoms with Gasteiger partial charge in [-0.2, -0.15) is 0 Å². The molecular weight excluding hydrogens is 453 g/mol. The van der Waals surface area contributed by atoms with Crippen LogP contribution in [-0.4, -0.2) is 40.7 Å². The summed E-state index contributed by atoms with van der Waals surface area (Å²) >= 11 is 7.87. The highest BCUT2D eigenvalue weighted by atomic mass is 35.5. The van der Waals surface area contributed by atoms with E-state index in [1.807, 2.05) is 0 Å². The van der Waals surface area contributed by atoms with Crippen LogP contribution in [0.5, 0.6) is 0 Å². The summed E-state index contributed by atoms with van der Waals surface area (Å²) in [5, 5.41) is 2.94. The topological polar surface area (TPSA) is 89.6 Å². The molecule has 1 saturated heterocycles. The number of carbonyl (C=O) groups is 1. The molecule has 1 aromatic heterocycles. The van der Waals surface area contributed by atoms with Gasteiger partial charge in [-0.15, -0.1) is 12.4 Å². The molecule has 1 amide bonds. The lowest BCUT2D eigenvalue weighted by Gasteiger charge is -2.38. The number of amidine groups is 1. The van der Waals surface area contributed by atoms with Gasteiger partial charge in [-0.25, -0.2) is 18.8 Å². The summed E-state index contributed by atoms with van der Waals surface area (Å²) in [6.07, 6.45) is 1.36. The first-order valence-electron chi connectivity index (χ1n) is 7.80. The number of nitrogens with zero attached hydrogens (tertiary/aromatic N) is 2. The van der Waals surface area contributed by atoms with E-state index in [4.69, 9.17) is 22.1 Å². The van der Waals surface area contributed by atoms with Gasteiger partial charge >= 0.3 is 0 Å². The lowest BCUT2D eigenvalue weighted by atomic mass is 9.79. The molecule has 0 saturated carbocycles. The number of halogens is 4. The average Bonchev–Trinajstić information content (AvgIpc) is 3.20. The molecule has 2 atom stereocenters. The molecule has 12 heteroatoms. The molecule has 2 unspecified atom stereocenters. The third-order valence-corrected chi connectivity index (χ3v) is 6.58. The van der Waals surface area contributed by atoms with Crippen LogP contribution in [0.3, 0.4) is 0 Å². The standard InChI is InChI=1S/C16H13ClF2N4O2S2.ClH/c17-11-4-21-13(27-11)12(24)22-8-1-2-10(18)9(3-8)16-6-25-5-15(16,19)7-26-14(20)23-16;/h1-4H,5-7H2,(H2,20,23)(H,22,24);1H. The van der Waals surface area contributed by atoms with Crippen LogP contribution in [-0.2, 0) is 10.3 Å². The van der Waals surface area contributed by atoms with Crippen LogP contribution < -0.4 is 11.1 Å². The third-order valence-electron chi connectivity index (χ3n) is 4.47. The number of carbonyl (C=O) groups excluding carboxylic acids is 1. The number of nitrogens with one attached hydrogen (secondary N) is 1. The van der Waals surface area contributed by atoms with Crippen LogP contribution >= 0.6 is 47.1 Å². The molecule has 2 aromatic rings. The normalized spacial score (nSPS) is 26.2. The summed E-state index contributed by atoms with van der Waals surface area (Å²) in [6, 6.07) is 3.89. The fourth-order valence-corrected chi connectivity index (χ4v) is 4.88. The fraction of sp³-hybridized carbons (Fsp3) is 0.312. The van der Waals surface area contributed by atoms with Crippen molar-refractivity contribution in [3.05, 3.63) is 45.1 Å². The smallest absolute Gasteiger partial charge is 0.284 e. The minimum absolute atomic E-state index is 0. The van der Waals surface area contributed by atoms with E-state index in [0.717, 1.165) is 29.2 Å². The summed E-state index contributed by atoms with van der Waals surface area (Å²) in [5.74, 6) is -1.14. The van der Waals surface area contributed by atoms with Crippen molar-refractivity contribution in [2.75, 3.05) is 24.3 Å². The second-order valence-electron chi connectivity index (χ2n) is 6.18. The largest absolute Gasteiger partial charge is 0.379 e. The number of alkyl halides is 1. The number of ether oxygens (including phenoxy) is 1. The molecule has 1 aromatic carbocycles. The Labute approximate surface area is 178 Å². The van der Waals surface area contributed by atoms with E-state index >= 15 is 4.39 Å². The minimum atomic E-state index is -1.90. The minimum Gasteiger partial charge on any atom is -0.379 e. The van der Waals surface area contributed by atoms with Gasteiger partial charge in [0.15, 0.2) is 21.4 Å². The lowest BCUT2D eigenvalue weighted by molar-refractivity contribution is 0.102. The quantitative estimate of drug-likeness (QED) is 0.720. The van der Waals surface area contributed by atoms with Crippen molar-refractivity contribution in [2.24, 2.45) is 10.7 Å². The SMILES string of the molecule is Cl.NC1=NC2(c3cc(NC(=O)c4ncc(Cl)s4)ccc3F)COCC2(F)CS1. The Morgan fingerprint density at radius 2 is 2.18 bits per heavy atom. The molecule has 3 heterocycles. The molecule has 1 fully saturated rings. The molecule has 150 valence electrons. The van der Waals surface area contributed by atoms with E-state index in [1.54, 1.807) is 0 Å². The number of rotatable bonds is 3. The van der Waals surface area contributed by atoms with Gasteiger partial charge in [-0.1, -0.05) is 34.7 Å².